The van der Waals surface area contributed by atoms with Crippen LogP contribution in [0.15, 0.2) is 46.0 Å². The Morgan fingerprint density at radius 2 is 1.93 bits per heavy atom. The SMILES string of the molecule is O=C(Cn1c(=O)[nH]c2ccccc2c1=O)N1CCc2cc(F)cc(F)c2C1. The number of amides is 1. The molecule has 0 bridgehead atoms. The van der Waals surface area contributed by atoms with Crippen LogP contribution in [0.2, 0.25) is 0 Å². The molecule has 0 atom stereocenters. The maximum Gasteiger partial charge on any atom is 0.329 e. The summed E-state index contributed by atoms with van der Waals surface area (Å²) in [4.78, 5) is 41.3. The van der Waals surface area contributed by atoms with Crippen LogP contribution in [0, 0.1) is 11.6 Å². The van der Waals surface area contributed by atoms with Gasteiger partial charge < -0.3 is 9.88 Å². The van der Waals surface area contributed by atoms with E-state index in [0.717, 1.165) is 10.6 Å². The molecule has 0 radical (unpaired) electrons. The number of hydrogen-bond donors (Lipinski definition) is 1. The maximum atomic E-state index is 14.0. The van der Waals surface area contributed by atoms with E-state index >= 15 is 0 Å². The van der Waals surface area contributed by atoms with E-state index < -0.39 is 35.3 Å². The van der Waals surface area contributed by atoms with Crippen molar-refractivity contribution in [3.8, 4) is 0 Å². The summed E-state index contributed by atoms with van der Waals surface area (Å²) in [5, 5.41) is 0.301. The predicted octanol–water partition coefficient (Wildman–Crippen LogP) is 1.55. The summed E-state index contributed by atoms with van der Waals surface area (Å²) in [6.07, 6.45) is 0.304. The van der Waals surface area contributed by atoms with E-state index in [1.807, 2.05) is 0 Å². The first-order valence-electron chi connectivity index (χ1n) is 8.40. The zero-order chi connectivity index (χ0) is 19.1. The fourth-order valence-corrected chi connectivity index (χ4v) is 3.37. The first-order valence-corrected chi connectivity index (χ1v) is 8.40. The van der Waals surface area contributed by atoms with E-state index in [0.29, 0.717) is 22.9 Å². The molecule has 0 spiro atoms. The lowest BCUT2D eigenvalue weighted by Crippen LogP contribution is -2.44. The Balaban J connectivity index is 1.63. The molecule has 0 aliphatic carbocycles. The summed E-state index contributed by atoms with van der Waals surface area (Å²) in [6.45, 7) is -0.216. The van der Waals surface area contributed by atoms with Crippen LogP contribution >= 0.6 is 0 Å². The summed E-state index contributed by atoms with van der Waals surface area (Å²) in [6, 6.07) is 8.57. The minimum absolute atomic E-state index is 0.0273. The van der Waals surface area contributed by atoms with Crippen LogP contribution in [-0.4, -0.2) is 26.9 Å². The highest BCUT2D eigenvalue weighted by molar-refractivity contribution is 5.79. The zero-order valence-electron chi connectivity index (χ0n) is 14.2. The summed E-state index contributed by atoms with van der Waals surface area (Å²) in [7, 11) is 0. The molecule has 138 valence electrons. The van der Waals surface area contributed by atoms with Crippen LogP contribution in [0.25, 0.3) is 10.9 Å². The first kappa shape index (κ1) is 17.1. The fraction of sp³-hybridized carbons (Fsp3) is 0.211. The molecule has 2 aromatic carbocycles. The van der Waals surface area contributed by atoms with Gasteiger partial charge in [0, 0.05) is 24.7 Å². The molecular weight excluding hydrogens is 356 g/mol. The number of halogens is 2. The van der Waals surface area contributed by atoms with Crippen LogP contribution in [0.5, 0.6) is 0 Å². The molecule has 1 N–H and O–H groups in total. The van der Waals surface area contributed by atoms with Crippen molar-refractivity contribution in [1.29, 1.82) is 0 Å². The van der Waals surface area contributed by atoms with Gasteiger partial charge in [-0.2, -0.15) is 0 Å². The number of nitrogens with zero attached hydrogens (tertiary/aromatic N) is 2. The third kappa shape index (κ3) is 3.03. The lowest BCUT2D eigenvalue weighted by Gasteiger charge is -2.29. The Morgan fingerprint density at radius 3 is 2.74 bits per heavy atom. The van der Waals surface area contributed by atoms with Gasteiger partial charge in [0.15, 0.2) is 0 Å². The first-order chi connectivity index (χ1) is 12.9. The quantitative estimate of drug-likeness (QED) is 0.743. The topological polar surface area (TPSA) is 75.2 Å². The highest BCUT2D eigenvalue weighted by Gasteiger charge is 2.25. The molecule has 6 nitrogen and oxygen atoms in total. The Hall–Kier alpha value is -3.29. The minimum Gasteiger partial charge on any atom is -0.336 e. The van der Waals surface area contributed by atoms with Crippen LogP contribution in [-0.2, 0) is 24.3 Å². The summed E-state index contributed by atoms with van der Waals surface area (Å²) >= 11 is 0. The molecule has 1 aliphatic rings. The molecule has 27 heavy (non-hydrogen) atoms. The van der Waals surface area contributed by atoms with Gasteiger partial charge >= 0.3 is 5.69 Å². The number of benzene rings is 2. The number of rotatable bonds is 2. The molecule has 4 rings (SSSR count). The molecule has 8 heteroatoms. The molecular formula is C19H15F2N3O3. The van der Waals surface area contributed by atoms with Gasteiger partial charge in [-0.1, -0.05) is 12.1 Å². The predicted molar refractivity (Wildman–Crippen MR) is 94.3 cm³/mol. The number of aromatic nitrogens is 2. The number of hydrogen-bond acceptors (Lipinski definition) is 3. The number of carbonyl (C=O) groups is 1. The number of fused-ring (bicyclic) bond motifs is 2. The number of aromatic amines is 1. The van der Waals surface area contributed by atoms with Crippen molar-refractivity contribution in [2.45, 2.75) is 19.5 Å². The van der Waals surface area contributed by atoms with Crippen molar-refractivity contribution in [2.75, 3.05) is 6.54 Å². The third-order valence-corrected chi connectivity index (χ3v) is 4.79. The van der Waals surface area contributed by atoms with Crippen LogP contribution in [0.1, 0.15) is 11.1 Å². The van der Waals surface area contributed by atoms with E-state index in [2.05, 4.69) is 4.98 Å². The van der Waals surface area contributed by atoms with Crippen LogP contribution < -0.4 is 11.2 Å². The van der Waals surface area contributed by atoms with E-state index in [4.69, 9.17) is 0 Å². The molecule has 0 saturated carbocycles. The maximum absolute atomic E-state index is 14.0. The van der Waals surface area contributed by atoms with Gasteiger partial charge in [0.05, 0.1) is 10.9 Å². The van der Waals surface area contributed by atoms with Crippen molar-refractivity contribution in [3.63, 3.8) is 0 Å². The molecule has 2 heterocycles. The highest BCUT2D eigenvalue weighted by Crippen LogP contribution is 2.23. The van der Waals surface area contributed by atoms with Gasteiger partial charge in [0.2, 0.25) is 5.91 Å². The summed E-state index contributed by atoms with van der Waals surface area (Å²) in [5.74, 6) is -1.84. The molecule has 1 amide bonds. The van der Waals surface area contributed by atoms with Crippen LogP contribution in [0.4, 0.5) is 8.78 Å². The average Bonchev–Trinajstić information content (AvgIpc) is 2.64. The number of H-pyrrole nitrogens is 1. The summed E-state index contributed by atoms with van der Waals surface area (Å²) in [5.41, 5.74) is -0.0636. The minimum atomic E-state index is -0.705. The van der Waals surface area contributed by atoms with E-state index in [-0.39, 0.29) is 18.7 Å². The van der Waals surface area contributed by atoms with E-state index in [9.17, 15) is 23.2 Å². The van der Waals surface area contributed by atoms with Crippen molar-refractivity contribution < 1.29 is 13.6 Å². The fourth-order valence-electron chi connectivity index (χ4n) is 3.37. The normalized spacial score (nSPS) is 13.6. The molecule has 1 aromatic heterocycles. The van der Waals surface area contributed by atoms with Crippen molar-refractivity contribution >= 4 is 16.8 Å². The number of carbonyl (C=O) groups excluding carboxylic acids is 1. The number of para-hydroxylation sites is 1. The van der Waals surface area contributed by atoms with Crippen LogP contribution in [0.3, 0.4) is 0 Å². The van der Waals surface area contributed by atoms with Gasteiger partial charge in [0.1, 0.15) is 18.2 Å². The Labute approximate surface area is 151 Å². The monoisotopic (exact) mass is 371 g/mol. The van der Waals surface area contributed by atoms with Crippen molar-refractivity contribution in [1.82, 2.24) is 14.5 Å². The second-order valence-electron chi connectivity index (χ2n) is 6.46. The molecule has 0 saturated heterocycles. The molecule has 3 aromatic rings. The Bertz CT molecular complexity index is 1180. The summed E-state index contributed by atoms with van der Waals surface area (Å²) < 4.78 is 28.2. The standard InChI is InChI=1S/C19H15F2N3O3/c20-12-7-11-5-6-23(9-14(11)15(21)8-12)17(25)10-24-18(26)13-3-1-2-4-16(13)22-19(24)27/h1-4,7-8H,5-6,9-10H2,(H,22,27). The van der Waals surface area contributed by atoms with Crippen molar-refractivity contribution in [3.05, 3.63) is 80.0 Å². The zero-order valence-corrected chi connectivity index (χ0v) is 14.2. The van der Waals surface area contributed by atoms with Gasteiger partial charge in [0.25, 0.3) is 5.56 Å². The van der Waals surface area contributed by atoms with Gasteiger partial charge in [-0.05, 0) is 30.2 Å². The lowest BCUT2D eigenvalue weighted by atomic mass is 9.99. The third-order valence-electron chi connectivity index (χ3n) is 4.79. The van der Waals surface area contributed by atoms with Gasteiger partial charge in [-0.3, -0.25) is 14.2 Å². The Kier molecular flexibility index (Phi) is 4.10. The van der Waals surface area contributed by atoms with Gasteiger partial charge in [-0.25, -0.2) is 13.6 Å². The van der Waals surface area contributed by atoms with E-state index in [1.54, 1.807) is 24.3 Å². The van der Waals surface area contributed by atoms with Gasteiger partial charge in [-0.15, -0.1) is 0 Å². The number of nitrogens with one attached hydrogen (secondary N) is 1. The second kappa shape index (κ2) is 6.46. The highest BCUT2D eigenvalue weighted by atomic mass is 19.1. The molecule has 1 aliphatic heterocycles. The molecule has 0 fully saturated rings. The van der Waals surface area contributed by atoms with Crippen molar-refractivity contribution in [2.24, 2.45) is 0 Å². The average molecular weight is 371 g/mol. The Morgan fingerprint density at radius 1 is 1.15 bits per heavy atom. The lowest BCUT2D eigenvalue weighted by molar-refractivity contribution is -0.132. The molecule has 0 unspecified atom stereocenters. The van der Waals surface area contributed by atoms with E-state index in [1.165, 1.54) is 11.0 Å². The smallest absolute Gasteiger partial charge is 0.329 e. The second-order valence-corrected chi connectivity index (χ2v) is 6.46. The largest absolute Gasteiger partial charge is 0.336 e.